The van der Waals surface area contributed by atoms with Crippen molar-refractivity contribution in [2.24, 2.45) is 0 Å². The fraction of sp³-hybridized carbons (Fsp3) is 0.273. The van der Waals surface area contributed by atoms with Crippen molar-refractivity contribution in [1.82, 2.24) is 5.32 Å². The number of hydrogen-bond donors (Lipinski definition) is 2. The predicted molar refractivity (Wildman–Crippen MR) is 67.2 cm³/mol. The van der Waals surface area contributed by atoms with Crippen LogP contribution in [0.1, 0.15) is 10.4 Å². The number of carbonyl (C=O) groups is 2. The van der Waals surface area contributed by atoms with Gasteiger partial charge in [-0.15, -0.1) is 0 Å². The van der Waals surface area contributed by atoms with Gasteiger partial charge in [0.15, 0.2) is 6.10 Å². The summed E-state index contributed by atoms with van der Waals surface area (Å²) in [5.74, 6) is -1.64. The van der Waals surface area contributed by atoms with Crippen molar-refractivity contribution in [3.05, 3.63) is 33.8 Å². The van der Waals surface area contributed by atoms with Gasteiger partial charge in [0.2, 0.25) is 0 Å². The Morgan fingerprint density at radius 1 is 1.44 bits per heavy atom. The standard InChI is InChI=1S/C11H11Cl2NO4/c1-18-9(11(16)17)5-14-10(15)7-3-2-6(12)4-8(7)13/h2-4,9H,5H2,1H3,(H,14,15)(H,16,17). The minimum Gasteiger partial charge on any atom is -0.479 e. The highest BCUT2D eigenvalue weighted by atomic mass is 35.5. The number of carboxylic acids is 1. The molecular formula is C11H11Cl2NO4. The Morgan fingerprint density at radius 2 is 2.11 bits per heavy atom. The molecule has 0 fully saturated rings. The molecule has 1 amide bonds. The molecule has 0 saturated carbocycles. The van der Waals surface area contributed by atoms with Gasteiger partial charge in [0.25, 0.3) is 5.91 Å². The Labute approximate surface area is 114 Å². The van der Waals surface area contributed by atoms with E-state index in [-0.39, 0.29) is 17.1 Å². The van der Waals surface area contributed by atoms with Gasteiger partial charge >= 0.3 is 5.97 Å². The molecule has 0 bridgehead atoms. The molecule has 0 heterocycles. The second kappa shape index (κ2) is 6.58. The Bertz CT molecular complexity index is 464. The summed E-state index contributed by atoms with van der Waals surface area (Å²) in [7, 11) is 1.25. The Balaban J connectivity index is 2.68. The SMILES string of the molecule is COC(CNC(=O)c1ccc(Cl)cc1Cl)C(=O)O. The monoisotopic (exact) mass is 291 g/mol. The molecule has 0 saturated heterocycles. The van der Waals surface area contributed by atoms with E-state index in [9.17, 15) is 9.59 Å². The number of benzene rings is 1. The molecule has 0 spiro atoms. The molecular weight excluding hydrogens is 281 g/mol. The van der Waals surface area contributed by atoms with Crippen LogP contribution in [0.4, 0.5) is 0 Å². The van der Waals surface area contributed by atoms with Gasteiger partial charge in [-0.25, -0.2) is 4.79 Å². The van der Waals surface area contributed by atoms with Crippen molar-refractivity contribution >= 4 is 35.1 Å². The molecule has 1 aromatic rings. The van der Waals surface area contributed by atoms with Gasteiger partial charge in [-0.05, 0) is 18.2 Å². The van der Waals surface area contributed by atoms with E-state index in [2.05, 4.69) is 10.1 Å². The maximum absolute atomic E-state index is 11.7. The number of methoxy groups -OCH3 is 1. The Morgan fingerprint density at radius 3 is 2.61 bits per heavy atom. The van der Waals surface area contributed by atoms with Gasteiger partial charge in [-0.3, -0.25) is 4.79 Å². The highest BCUT2D eigenvalue weighted by Gasteiger charge is 2.18. The van der Waals surface area contributed by atoms with E-state index in [1.807, 2.05) is 0 Å². The lowest BCUT2D eigenvalue weighted by Crippen LogP contribution is -2.37. The molecule has 1 unspecified atom stereocenters. The summed E-state index contributed by atoms with van der Waals surface area (Å²) in [5.41, 5.74) is 0.223. The molecule has 1 rings (SSSR count). The van der Waals surface area contributed by atoms with E-state index in [4.69, 9.17) is 28.3 Å². The lowest BCUT2D eigenvalue weighted by molar-refractivity contribution is -0.147. The van der Waals surface area contributed by atoms with Gasteiger partial charge in [-0.2, -0.15) is 0 Å². The number of halogens is 2. The smallest absolute Gasteiger partial charge is 0.334 e. The number of hydrogen-bond acceptors (Lipinski definition) is 3. The van der Waals surface area contributed by atoms with Crippen molar-refractivity contribution in [2.75, 3.05) is 13.7 Å². The van der Waals surface area contributed by atoms with Gasteiger partial charge in [0, 0.05) is 12.1 Å². The fourth-order valence-corrected chi connectivity index (χ4v) is 1.72. The quantitative estimate of drug-likeness (QED) is 0.868. The van der Waals surface area contributed by atoms with Crippen LogP contribution in [0, 0.1) is 0 Å². The average molecular weight is 292 g/mol. The first-order chi connectivity index (χ1) is 8.45. The van der Waals surface area contributed by atoms with Crippen LogP contribution in [0.15, 0.2) is 18.2 Å². The first-order valence-corrected chi connectivity index (χ1v) is 5.70. The fourth-order valence-electron chi connectivity index (χ4n) is 1.23. The van der Waals surface area contributed by atoms with Crippen molar-refractivity contribution in [2.45, 2.75) is 6.10 Å². The molecule has 98 valence electrons. The topological polar surface area (TPSA) is 75.6 Å². The van der Waals surface area contributed by atoms with Crippen molar-refractivity contribution in [1.29, 1.82) is 0 Å². The van der Waals surface area contributed by atoms with E-state index in [0.717, 1.165) is 0 Å². The van der Waals surface area contributed by atoms with Crippen LogP contribution in [0.2, 0.25) is 10.0 Å². The second-order valence-corrected chi connectivity index (χ2v) is 4.24. The lowest BCUT2D eigenvalue weighted by atomic mass is 10.2. The third-order valence-corrected chi connectivity index (χ3v) is 2.73. The van der Waals surface area contributed by atoms with Crippen LogP contribution in [0.25, 0.3) is 0 Å². The summed E-state index contributed by atoms with van der Waals surface area (Å²) in [4.78, 5) is 22.4. The predicted octanol–water partition coefficient (Wildman–Crippen LogP) is 1.82. The number of carbonyl (C=O) groups excluding carboxylic acids is 1. The summed E-state index contributed by atoms with van der Waals surface area (Å²) >= 11 is 11.5. The summed E-state index contributed by atoms with van der Waals surface area (Å²) in [6.45, 7) is -0.149. The zero-order chi connectivity index (χ0) is 13.7. The summed E-state index contributed by atoms with van der Waals surface area (Å²) < 4.78 is 4.68. The maximum atomic E-state index is 11.7. The molecule has 0 aliphatic heterocycles. The number of ether oxygens (including phenoxy) is 1. The van der Waals surface area contributed by atoms with Crippen LogP contribution >= 0.6 is 23.2 Å². The molecule has 0 aromatic heterocycles. The zero-order valence-corrected chi connectivity index (χ0v) is 11.0. The van der Waals surface area contributed by atoms with Gasteiger partial charge in [0.05, 0.1) is 17.1 Å². The number of amides is 1. The minimum absolute atomic E-state index is 0.149. The van der Waals surface area contributed by atoms with Gasteiger partial charge in [0.1, 0.15) is 0 Å². The molecule has 1 atom stereocenters. The average Bonchev–Trinajstić information content (AvgIpc) is 2.28. The van der Waals surface area contributed by atoms with Crippen molar-refractivity contribution in [3.8, 4) is 0 Å². The zero-order valence-electron chi connectivity index (χ0n) is 9.44. The molecule has 0 aliphatic carbocycles. The lowest BCUT2D eigenvalue weighted by Gasteiger charge is -2.12. The summed E-state index contributed by atoms with van der Waals surface area (Å²) in [6.07, 6.45) is -1.10. The van der Waals surface area contributed by atoms with Gasteiger partial charge in [-0.1, -0.05) is 23.2 Å². The number of aliphatic carboxylic acids is 1. The highest BCUT2D eigenvalue weighted by Crippen LogP contribution is 2.20. The largest absolute Gasteiger partial charge is 0.479 e. The molecule has 0 aliphatic rings. The van der Waals surface area contributed by atoms with Crippen LogP contribution in [0.5, 0.6) is 0 Å². The van der Waals surface area contributed by atoms with Crippen LogP contribution < -0.4 is 5.32 Å². The summed E-state index contributed by atoms with van der Waals surface area (Å²) in [5, 5.41) is 11.8. The molecule has 7 heteroatoms. The third kappa shape index (κ3) is 3.87. The number of carboxylic acid groups (broad SMARTS) is 1. The normalized spacial score (nSPS) is 11.9. The van der Waals surface area contributed by atoms with Crippen molar-refractivity contribution < 1.29 is 19.4 Å². The number of rotatable bonds is 5. The van der Waals surface area contributed by atoms with E-state index < -0.39 is 18.0 Å². The van der Waals surface area contributed by atoms with Crippen LogP contribution in [0.3, 0.4) is 0 Å². The van der Waals surface area contributed by atoms with Crippen molar-refractivity contribution in [3.63, 3.8) is 0 Å². The van der Waals surface area contributed by atoms with E-state index in [1.54, 1.807) is 0 Å². The Hall–Kier alpha value is -1.30. The summed E-state index contributed by atoms with van der Waals surface area (Å²) in [6, 6.07) is 4.42. The first kappa shape index (κ1) is 14.8. The number of nitrogens with one attached hydrogen (secondary N) is 1. The first-order valence-electron chi connectivity index (χ1n) is 4.94. The highest BCUT2D eigenvalue weighted by molar-refractivity contribution is 6.36. The van der Waals surface area contributed by atoms with Crippen LogP contribution in [-0.4, -0.2) is 36.7 Å². The molecule has 0 radical (unpaired) electrons. The minimum atomic E-state index is -1.15. The van der Waals surface area contributed by atoms with Crippen LogP contribution in [-0.2, 0) is 9.53 Å². The molecule has 5 nitrogen and oxygen atoms in total. The maximum Gasteiger partial charge on any atom is 0.334 e. The van der Waals surface area contributed by atoms with E-state index >= 15 is 0 Å². The second-order valence-electron chi connectivity index (χ2n) is 3.40. The molecule has 18 heavy (non-hydrogen) atoms. The third-order valence-electron chi connectivity index (χ3n) is 2.18. The Kier molecular flexibility index (Phi) is 5.40. The molecule has 2 N–H and O–H groups in total. The van der Waals surface area contributed by atoms with E-state index in [1.165, 1.54) is 25.3 Å². The van der Waals surface area contributed by atoms with E-state index in [0.29, 0.717) is 5.02 Å². The molecule has 1 aromatic carbocycles. The van der Waals surface area contributed by atoms with Gasteiger partial charge < -0.3 is 15.2 Å².